The van der Waals surface area contributed by atoms with E-state index in [0.717, 1.165) is 65.3 Å². The molecule has 0 fully saturated rings. The molecule has 0 saturated heterocycles. The third kappa shape index (κ3) is 25.7. The monoisotopic (exact) mass is 1020 g/mol. The number of nitro groups is 1. The van der Waals surface area contributed by atoms with Crippen molar-refractivity contribution >= 4 is 129 Å². The Bertz CT molecular complexity index is 2230. The van der Waals surface area contributed by atoms with Gasteiger partial charge in [0.2, 0.25) is 18.4 Å². The lowest BCUT2D eigenvalue weighted by Crippen LogP contribution is -2.07. The lowest BCUT2D eigenvalue weighted by molar-refractivity contribution is -0.480. The number of nitrogens with one attached hydrogen (secondary N) is 4. The first-order valence-corrected chi connectivity index (χ1v) is 26.5. The number of nitrogens with zero attached hydrogens (tertiary/aromatic N) is 6. The molecular weight excluding hydrogens is 971 g/mol. The molecular formula is C38H46F2N10O3S9. The molecule has 2 aromatic carbocycles. The van der Waals surface area contributed by atoms with E-state index in [1.54, 1.807) is 36.7 Å². The van der Waals surface area contributed by atoms with Crippen LogP contribution in [0.15, 0.2) is 71.5 Å². The summed E-state index contributed by atoms with van der Waals surface area (Å²) in [5.41, 5.74) is 3.43. The third-order valence-electron chi connectivity index (χ3n) is 7.03. The first kappa shape index (κ1) is 57.8. The fourth-order valence-electron chi connectivity index (χ4n) is 4.42. The van der Waals surface area contributed by atoms with Crippen molar-refractivity contribution < 1.29 is 18.2 Å². The van der Waals surface area contributed by atoms with Crippen LogP contribution < -0.4 is 21.3 Å². The first-order valence-electron chi connectivity index (χ1n) is 18.5. The molecule has 0 unspecified atom stereocenters. The molecule has 5 aromatic rings. The van der Waals surface area contributed by atoms with Crippen LogP contribution in [-0.4, -0.2) is 49.7 Å². The summed E-state index contributed by atoms with van der Waals surface area (Å²) in [7, 11) is 3.26. The van der Waals surface area contributed by atoms with Gasteiger partial charge < -0.3 is 25.8 Å². The number of anilines is 6. The van der Waals surface area contributed by atoms with Crippen LogP contribution in [0.5, 0.6) is 0 Å². The summed E-state index contributed by atoms with van der Waals surface area (Å²) in [5.74, 6) is 4.52. The maximum atomic E-state index is 13.4. The molecule has 0 amide bonds. The summed E-state index contributed by atoms with van der Waals surface area (Å²) >= 11 is 24.2. The minimum Gasteiger partial charge on any atom is -0.369 e. The number of hydrogen-bond acceptors (Lipinski definition) is 18. The SMILES string of the molecule is C#Cc1cnc(Nc2cccc(F)c2)nc1NCCC.CCCC[N+](=O)[O-].CCCNc1nc(Nc2cccc(F)c2)ncc1-c1cc(CCC)no1.S=S.S=S=S.S=S=S=S. The predicted octanol–water partition coefficient (Wildman–Crippen LogP) is 8.99. The second kappa shape index (κ2) is 37.4. The Kier molecular flexibility index (Phi) is 34.8. The van der Waals surface area contributed by atoms with E-state index in [1.165, 1.54) is 42.0 Å². The molecule has 0 aliphatic rings. The third-order valence-corrected chi connectivity index (χ3v) is 9.25. The summed E-state index contributed by atoms with van der Waals surface area (Å²) < 4.78 is 31.9. The van der Waals surface area contributed by atoms with Crippen molar-refractivity contribution in [3.63, 3.8) is 0 Å². The van der Waals surface area contributed by atoms with Crippen LogP contribution in [0.25, 0.3) is 11.3 Å². The van der Waals surface area contributed by atoms with Crippen molar-refractivity contribution in [2.75, 3.05) is 40.9 Å². The van der Waals surface area contributed by atoms with E-state index in [0.29, 0.717) is 52.7 Å². The Morgan fingerprint density at radius 2 is 1.31 bits per heavy atom. The Labute approximate surface area is 399 Å². The normalized spacial score (nSPS) is 9.24. The molecule has 5 rings (SSSR count). The molecule has 13 nitrogen and oxygen atoms in total. The molecule has 0 aliphatic carbocycles. The Morgan fingerprint density at radius 3 is 1.74 bits per heavy atom. The Morgan fingerprint density at radius 1 is 0.790 bits per heavy atom. The van der Waals surface area contributed by atoms with Gasteiger partial charge in [0.1, 0.15) is 23.3 Å². The molecule has 0 atom stereocenters. The van der Waals surface area contributed by atoms with Crippen LogP contribution in [0.1, 0.15) is 71.1 Å². The number of hydrogen-bond donors (Lipinski definition) is 4. The zero-order chi connectivity index (χ0) is 46.5. The summed E-state index contributed by atoms with van der Waals surface area (Å²) in [6, 6.07) is 14.2. The van der Waals surface area contributed by atoms with Gasteiger partial charge in [0, 0.05) is 142 Å². The van der Waals surface area contributed by atoms with Crippen LogP contribution in [0.4, 0.5) is 43.7 Å². The molecule has 0 aliphatic heterocycles. The quantitative estimate of drug-likeness (QED) is 0.0419. The molecule has 0 radical (unpaired) electrons. The molecule has 3 aromatic heterocycles. The van der Waals surface area contributed by atoms with Gasteiger partial charge in [0.15, 0.2) is 5.76 Å². The highest BCUT2D eigenvalue weighted by Gasteiger charge is 2.15. The van der Waals surface area contributed by atoms with E-state index in [9.17, 15) is 18.9 Å². The summed E-state index contributed by atoms with van der Waals surface area (Å²) in [6.45, 7) is 9.81. The van der Waals surface area contributed by atoms with Crippen LogP contribution in [0.2, 0.25) is 0 Å². The van der Waals surface area contributed by atoms with Crippen molar-refractivity contribution in [3.05, 3.63) is 100.0 Å². The van der Waals surface area contributed by atoms with E-state index in [2.05, 4.69) is 140 Å². The second-order valence-electron chi connectivity index (χ2n) is 11.7. The number of rotatable bonds is 16. The largest absolute Gasteiger partial charge is 0.369 e. The average molecular weight is 1020 g/mol. The molecule has 0 bridgehead atoms. The fraction of sp³-hybridized carbons (Fsp3) is 0.342. The van der Waals surface area contributed by atoms with Gasteiger partial charge in [0.05, 0.1) is 23.0 Å². The number of benzene rings is 2. The van der Waals surface area contributed by atoms with E-state index in [-0.39, 0.29) is 23.1 Å². The summed E-state index contributed by atoms with van der Waals surface area (Å²) in [4.78, 5) is 26.6. The zero-order valence-electron chi connectivity index (χ0n) is 34.1. The number of halogens is 2. The minimum absolute atomic E-state index is 0.122. The van der Waals surface area contributed by atoms with E-state index in [4.69, 9.17) is 10.9 Å². The number of terminal acetylenes is 1. The standard InChI is InChI=1S/C19H22FN5O.C15H15FN4.C4H9NO2.S4.S3.S2/c1-3-6-15-11-17(26-25-15)16-12-22-19(24-18(16)21-9-4-2)23-14-8-5-7-13(20)10-14;1-3-8-17-14-11(4-2)10-18-15(20-14)19-13-7-5-6-12(16)9-13;1-2-3-4-5(6)7;1-3-4-2;1-3-2;1-2/h5,7-8,10-12H,3-4,6,9H2,1-2H3,(H2,21,22,23,24);2,5-7,9-10H,3,8H2,1H3,(H2,17,18,19,20);2-4H2,1H3;;;. The van der Waals surface area contributed by atoms with Crippen LogP contribution in [0.3, 0.4) is 0 Å². The van der Waals surface area contributed by atoms with E-state index < -0.39 is 0 Å². The predicted molar refractivity (Wildman–Crippen MR) is 271 cm³/mol. The lowest BCUT2D eigenvalue weighted by Gasteiger charge is -2.11. The number of unbranched alkanes of at least 4 members (excludes halogenated alkanes) is 1. The van der Waals surface area contributed by atoms with Gasteiger partial charge in [-0.25, -0.2) is 18.7 Å². The van der Waals surface area contributed by atoms with Crippen molar-refractivity contribution in [3.8, 4) is 23.7 Å². The van der Waals surface area contributed by atoms with Gasteiger partial charge in [-0.15, -0.1) is 6.42 Å². The van der Waals surface area contributed by atoms with Crippen molar-refractivity contribution in [2.24, 2.45) is 0 Å². The van der Waals surface area contributed by atoms with Gasteiger partial charge in [-0.2, -0.15) is 9.97 Å². The van der Waals surface area contributed by atoms with Gasteiger partial charge in [0.25, 0.3) is 0 Å². The van der Waals surface area contributed by atoms with E-state index in [1.807, 2.05) is 13.0 Å². The maximum Gasteiger partial charge on any atom is 0.229 e. The highest BCUT2D eigenvalue weighted by molar-refractivity contribution is 8.51. The second-order valence-corrected chi connectivity index (χ2v) is 17.0. The summed E-state index contributed by atoms with van der Waals surface area (Å²) in [6.07, 6.45) is 14.0. The Hall–Kier alpha value is -4.19. The van der Waals surface area contributed by atoms with Crippen LogP contribution in [-0.2, 0) is 100 Å². The molecule has 4 N–H and O–H groups in total. The average Bonchev–Trinajstić information content (AvgIpc) is 3.74. The minimum atomic E-state index is -0.320. The highest BCUT2D eigenvalue weighted by Crippen LogP contribution is 2.28. The number of aryl methyl sites for hydroxylation is 1. The molecule has 334 valence electrons. The van der Waals surface area contributed by atoms with Gasteiger partial charge in [-0.05, 0) is 62.1 Å². The number of aromatic nitrogens is 5. The molecule has 24 heteroatoms. The highest BCUT2D eigenvalue weighted by atomic mass is 33.2. The van der Waals surface area contributed by atoms with Gasteiger partial charge in [-0.1, -0.05) is 57.3 Å². The Balaban J connectivity index is 0.000000908. The lowest BCUT2D eigenvalue weighted by atomic mass is 10.2. The molecule has 62 heavy (non-hydrogen) atoms. The smallest absolute Gasteiger partial charge is 0.229 e. The van der Waals surface area contributed by atoms with Crippen molar-refractivity contribution in [1.82, 2.24) is 25.1 Å². The maximum absolute atomic E-state index is 13.4. The molecule has 0 spiro atoms. The van der Waals surface area contributed by atoms with Crippen molar-refractivity contribution in [1.29, 1.82) is 0 Å². The van der Waals surface area contributed by atoms with Gasteiger partial charge in [-0.3, -0.25) is 10.1 Å². The van der Waals surface area contributed by atoms with Crippen LogP contribution >= 0.6 is 0 Å². The van der Waals surface area contributed by atoms with E-state index >= 15 is 0 Å². The van der Waals surface area contributed by atoms with Crippen molar-refractivity contribution in [2.45, 2.75) is 66.2 Å². The molecule has 0 saturated carbocycles. The molecule has 3 heterocycles. The first-order chi connectivity index (χ1) is 30.0. The van der Waals surface area contributed by atoms with Crippen LogP contribution in [0, 0.1) is 34.1 Å². The van der Waals surface area contributed by atoms with Gasteiger partial charge >= 0.3 is 0 Å². The fourth-order valence-corrected chi connectivity index (χ4v) is 4.42. The zero-order valence-corrected chi connectivity index (χ0v) is 41.5. The topological polar surface area (TPSA) is 169 Å². The summed E-state index contributed by atoms with van der Waals surface area (Å²) in [5, 5.41) is 26.0.